The minimum Gasteiger partial charge on any atom is -0.469 e. The van der Waals surface area contributed by atoms with Gasteiger partial charge in [0.1, 0.15) is 5.76 Å². The molecule has 0 spiro atoms. The highest BCUT2D eigenvalue weighted by Crippen LogP contribution is 2.26. The summed E-state index contributed by atoms with van der Waals surface area (Å²) in [7, 11) is 0. The molecule has 1 aliphatic heterocycles. The summed E-state index contributed by atoms with van der Waals surface area (Å²) in [4.78, 5) is 7.37. The summed E-state index contributed by atoms with van der Waals surface area (Å²) in [6.07, 6.45) is 9.40. The molecule has 1 aromatic rings. The van der Waals surface area contributed by atoms with Gasteiger partial charge in [-0.05, 0) is 38.3 Å². The van der Waals surface area contributed by atoms with Crippen molar-refractivity contribution in [2.24, 2.45) is 4.99 Å². The van der Waals surface area contributed by atoms with Gasteiger partial charge in [-0.25, -0.2) is 0 Å². The Bertz CT molecular complexity index is 485. The highest BCUT2D eigenvalue weighted by molar-refractivity contribution is 14.0. The molecule has 6 heteroatoms. The van der Waals surface area contributed by atoms with Gasteiger partial charge < -0.3 is 15.1 Å². The Kier molecular flexibility index (Phi) is 8.38. The highest BCUT2D eigenvalue weighted by Gasteiger charge is 2.30. The van der Waals surface area contributed by atoms with Crippen molar-refractivity contribution in [3.8, 4) is 0 Å². The SMILES string of the molecule is CCNC(=NCCc1ccco1)NC1CCN(C2CCCC2)C1.I. The maximum atomic E-state index is 5.36. The number of rotatable bonds is 6. The number of nitrogens with one attached hydrogen (secondary N) is 2. The lowest BCUT2D eigenvalue weighted by Crippen LogP contribution is -2.45. The number of guanidine groups is 1. The Balaban J connectivity index is 0.00000208. The van der Waals surface area contributed by atoms with Crippen LogP contribution in [0, 0.1) is 0 Å². The van der Waals surface area contributed by atoms with Crippen molar-refractivity contribution < 1.29 is 4.42 Å². The molecule has 2 aliphatic rings. The van der Waals surface area contributed by atoms with Crippen LogP contribution < -0.4 is 10.6 Å². The molecule has 0 aromatic carbocycles. The predicted molar refractivity (Wildman–Crippen MR) is 109 cm³/mol. The summed E-state index contributed by atoms with van der Waals surface area (Å²) in [5, 5.41) is 6.98. The average molecular weight is 446 g/mol. The van der Waals surface area contributed by atoms with Crippen LogP contribution in [0.2, 0.25) is 0 Å². The van der Waals surface area contributed by atoms with Crippen LogP contribution in [-0.4, -0.2) is 49.1 Å². The Morgan fingerprint density at radius 2 is 2.17 bits per heavy atom. The molecule has 3 rings (SSSR count). The lowest BCUT2D eigenvalue weighted by molar-refractivity contribution is 0.242. The van der Waals surface area contributed by atoms with E-state index in [-0.39, 0.29) is 24.0 Å². The van der Waals surface area contributed by atoms with Crippen LogP contribution >= 0.6 is 24.0 Å². The lowest BCUT2D eigenvalue weighted by Gasteiger charge is -2.24. The average Bonchev–Trinajstić information content (AvgIpc) is 3.30. The van der Waals surface area contributed by atoms with Gasteiger partial charge in [0.25, 0.3) is 0 Å². The van der Waals surface area contributed by atoms with E-state index in [0.717, 1.165) is 43.8 Å². The van der Waals surface area contributed by atoms with Gasteiger partial charge in [0, 0.05) is 44.7 Å². The van der Waals surface area contributed by atoms with Gasteiger partial charge in [-0.15, -0.1) is 24.0 Å². The van der Waals surface area contributed by atoms with E-state index >= 15 is 0 Å². The lowest BCUT2D eigenvalue weighted by atomic mass is 10.2. The van der Waals surface area contributed by atoms with E-state index in [4.69, 9.17) is 9.41 Å². The molecule has 1 aliphatic carbocycles. The summed E-state index contributed by atoms with van der Waals surface area (Å²) >= 11 is 0. The zero-order valence-corrected chi connectivity index (χ0v) is 17.0. The number of hydrogen-bond acceptors (Lipinski definition) is 3. The summed E-state index contributed by atoms with van der Waals surface area (Å²) in [6, 6.07) is 5.29. The highest BCUT2D eigenvalue weighted by atomic mass is 127. The van der Waals surface area contributed by atoms with Crippen molar-refractivity contribution in [2.45, 2.75) is 57.5 Å². The molecule has 1 aromatic heterocycles. The number of likely N-dealkylation sites (tertiary alicyclic amines) is 1. The third-order valence-corrected chi connectivity index (χ3v) is 4.95. The molecule has 136 valence electrons. The van der Waals surface area contributed by atoms with Crippen LogP contribution in [0.25, 0.3) is 0 Å². The minimum atomic E-state index is 0. The maximum absolute atomic E-state index is 5.36. The molecule has 1 saturated heterocycles. The van der Waals surface area contributed by atoms with Crippen LogP contribution in [0.3, 0.4) is 0 Å². The summed E-state index contributed by atoms with van der Waals surface area (Å²) < 4.78 is 5.36. The van der Waals surface area contributed by atoms with Crippen molar-refractivity contribution in [3.63, 3.8) is 0 Å². The van der Waals surface area contributed by atoms with Crippen molar-refractivity contribution in [1.29, 1.82) is 0 Å². The number of nitrogens with zero attached hydrogens (tertiary/aromatic N) is 2. The van der Waals surface area contributed by atoms with Gasteiger partial charge in [0.05, 0.1) is 6.26 Å². The minimum absolute atomic E-state index is 0. The molecule has 2 heterocycles. The first-order valence-electron chi connectivity index (χ1n) is 9.16. The van der Waals surface area contributed by atoms with E-state index in [2.05, 4.69) is 22.5 Å². The Morgan fingerprint density at radius 3 is 2.88 bits per heavy atom. The first-order valence-corrected chi connectivity index (χ1v) is 9.16. The summed E-state index contributed by atoms with van der Waals surface area (Å²) in [5.41, 5.74) is 0. The zero-order valence-electron chi connectivity index (χ0n) is 14.7. The second kappa shape index (κ2) is 10.3. The van der Waals surface area contributed by atoms with Gasteiger partial charge >= 0.3 is 0 Å². The summed E-state index contributed by atoms with van der Waals surface area (Å²) in [6.45, 7) is 6.15. The molecule has 24 heavy (non-hydrogen) atoms. The van der Waals surface area contributed by atoms with Crippen molar-refractivity contribution in [1.82, 2.24) is 15.5 Å². The Morgan fingerprint density at radius 1 is 1.33 bits per heavy atom. The molecule has 0 amide bonds. The topological polar surface area (TPSA) is 52.8 Å². The van der Waals surface area contributed by atoms with Crippen LogP contribution in [0.4, 0.5) is 0 Å². The second-order valence-electron chi connectivity index (χ2n) is 6.65. The van der Waals surface area contributed by atoms with Crippen LogP contribution in [0.5, 0.6) is 0 Å². The molecule has 2 N–H and O–H groups in total. The number of hydrogen-bond donors (Lipinski definition) is 2. The monoisotopic (exact) mass is 446 g/mol. The molecular weight excluding hydrogens is 415 g/mol. The van der Waals surface area contributed by atoms with Crippen LogP contribution in [0.15, 0.2) is 27.8 Å². The zero-order chi connectivity index (χ0) is 15.9. The van der Waals surface area contributed by atoms with Gasteiger partial charge in [-0.2, -0.15) is 0 Å². The fourth-order valence-electron chi connectivity index (χ4n) is 3.75. The molecule has 1 saturated carbocycles. The maximum Gasteiger partial charge on any atom is 0.191 e. The van der Waals surface area contributed by atoms with E-state index in [1.54, 1.807) is 6.26 Å². The Labute approximate surface area is 162 Å². The second-order valence-corrected chi connectivity index (χ2v) is 6.65. The van der Waals surface area contributed by atoms with E-state index in [1.165, 1.54) is 38.6 Å². The molecule has 2 fully saturated rings. The molecule has 1 unspecified atom stereocenters. The van der Waals surface area contributed by atoms with Crippen molar-refractivity contribution in [2.75, 3.05) is 26.2 Å². The fraction of sp³-hybridized carbons (Fsp3) is 0.722. The van der Waals surface area contributed by atoms with Gasteiger partial charge in [0.2, 0.25) is 0 Å². The molecule has 0 bridgehead atoms. The van der Waals surface area contributed by atoms with Gasteiger partial charge in [-0.3, -0.25) is 9.89 Å². The fourth-order valence-corrected chi connectivity index (χ4v) is 3.75. The van der Waals surface area contributed by atoms with Gasteiger partial charge in [-0.1, -0.05) is 12.8 Å². The normalized spacial score (nSPS) is 22.5. The smallest absolute Gasteiger partial charge is 0.191 e. The van der Waals surface area contributed by atoms with Gasteiger partial charge in [0.15, 0.2) is 5.96 Å². The third kappa shape index (κ3) is 5.65. The molecule has 5 nitrogen and oxygen atoms in total. The molecular formula is C18H31IN4O. The quantitative estimate of drug-likeness (QED) is 0.401. The Hall–Kier alpha value is -0.760. The predicted octanol–water partition coefficient (Wildman–Crippen LogP) is 3.01. The van der Waals surface area contributed by atoms with Crippen molar-refractivity contribution >= 4 is 29.9 Å². The van der Waals surface area contributed by atoms with Crippen LogP contribution in [-0.2, 0) is 6.42 Å². The first-order chi connectivity index (χ1) is 11.3. The third-order valence-electron chi connectivity index (χ3n) is 4.95. The molecule has 1 atom stereocenters. The number of furan rings is 1. The molecule has 0 radical (unpaired) electrons. The van der Waals surface area contributed by atoms with E-state index in [1.807, 2.05) is 12.1 Å². The van der Waals surface area contributed by atoms with E-state index in [0.29, 0.717) is 6.04 Å². The first kappa shape index (κ1) is 19.6. The number of aliphatic imine (C=N–C) groups is 1. The van der Waals surface area contributed by atoms with E-state index in [9.17, 15) is 0 Å². The summed E-state index contributed by atoms with van der Waals surface area (Å²) in [5.74, 6) is 1.94. The van der Waals surface area contributed by atoms with Crippen LogP contribution in [0.1, 0.15) is 44.8 Å². The number of halogens is 1. The standard InChI is InChI=1S/C18H30N4O.HI/c1-2-19-18(20-11-9-17-8-5-13-23-17)21-15-10-12-22(14-15)16-6-3-4-7-16;/h5,8,13,15-16H,2-4,6-7,9-12,14H2,1H3,(H2,19,20,21);1H. The van der Waals surface area contributed by atoms with Crippen molar-refractivity contribution in [3.05, 3.63) is 24.2 Å². The largest absolute Gasteiger partial charge is 0.469 e. The van der Waals surface area contributed by atoms with E-state index < -0.39 is 0 Å².